The minimum atomic E-state index is 0.257. The Kier molecular flexibility index (Phi) is 2.76. The summed E-state index contributed by atoms with van der Waals surface area (Å²) in [6, 6.07) is 8.85. The third kappa shape index (κ3) is 1.97. The van der Waals surface area contributed by atoms with Gasteiger partial charge in [0.25, 0.3) is 0 Å². The number of H-pyrrole nitrogens is 1. The molecule has 3 nitrogen and oxygen atoms in total. The molecule has 0 aliphatic rings. The third-order valence-corrected chi connectivity index (χ3v) is 3.35. The molecule has 1 aromatic carbocycles. The van der Waals surface area contributed by atoms with Gasteiger partial charge >= 0.3 is 0 Å². The Morgan fingerprint density at radius 1 is 1.22 bits per heavy atom. The standard InChI is InChI=1S/C15H17N3/c1-10(16)2-3-11-4-5-12-13-9-17-7-6-14(13)18-15(12)8-11/h4-10,18H,2-3,16H2,1H3. The Hall–Kier alpha value is -1.87. The van der Waals surface area contributed by atoms with Gasteiger partial charge in [-0.15, -0.1) is 0 Å². The number of nitrogens with two attached hydrogens (primary N) is 1. The van der Waals surface area contributed by atoms with E-state index in [-0.39, 0.29) is 6.04 Å². The van der Waals surface area contributed by atoms with Crippen LogP contribution in [0.15, 0.2) is 36.7 Å². The molecule has 0 aliphatic carbocycles. The van der Waals surface area contributed by atoms with Gasteiger partial charge in [-0.05, 0) is 37.5 Å². The van der Waals surface area contributed by atoms with E-state index in [9.17, 15) is 0 Å². The molecule has 0 aliphatic heterocycles. The van der Waals surface area contributed by atoms with E-state index in [1.807, 2.05) is 25.4 Å². The summed E-state index contributed by atoms with van der Waals surface area (Å²) in [6.07, 6.45) is 5.78. The van der Waals surface area contributed by atoms with Gasteiger partial charge in [0.2, 0.25) is 0 Å². The number of nitrogens with zero attached hydrogens (tertiary/aromatic N) is 1. The quantitative estimate of drug-likeness (QED) is 0.738. The number of aromatic nitrogens is 2. The summed E-state index contributed by atoms with van der Waals surface area (Å²) in [7, 11) is 0. The van der Waals surface area contributed by atoms with Crippen LogP contribution < -0.4 is 5.73 Å². The summed E-state index contributed by atoms with van der Waals surface area (Å²) in [4.78, 5) is 7.62. The monoisotopic (exact) mass is 239 g/mol. The van der Waals surface area contributed by atoms with E-state index in [2.05, 4.69) is 28.2 Å². The Balaban J connectivity index is 2.04. The third-order valence-electron chi connectivity index (χ3n) is 3.35. The van der Waals surface area contributed by atoms with Gasteiger partial charge in [0.15, 0.2) is 0 Å². The fraction of sp³-hybridized carbons (Fsp3) is 0.267. The van der Waals surface area contributed by atoms with E-state index in [0.717, 1.165) is 18.4 Å². The van der Waals surface area contributed by atoms with Gasteiger partial charge in [-0.1, -0.05) is 12.1 Å². The SMILES string of the molecule is CC(N)CCc1ccc2c(c1)[nH]c1ccncc12. The molecule has 3 rings (SSSR count). The van der Waals surface area contributed by atoms with E-state index in [1.54, 1.807) is 0 Å². The van der Waals surface area contributed by atoms with Crippen molar-refractivity contribution in [1.82, 2.24) is 9.97 Å². The van der Waals surface area contributed by atoms with Gasteiger partial charge in [-0.2, -0.15) is 0 Å². The number of benzene rings is 1. The van der Waals surface area contributed by atoms with Crippen molar-refractivity contribution in [3.63, 3.8) is 0 Å². The van der Waals surface area contributed by atoms with Crippen molar-refractivity contribution < 1.29 is 0 Å². The Morgan fingerprint density at radius 3 is 2.94 bits per heavy atom. The summed E-state index contributed by atoms with van der Waals surface area (Å²) < 4.78 is 0. The summed E-state index contributed by atoms with van der Waals surface area (Å²) in [6.45, 7) is 2.05. The van der Waals surface area contributed by atoms with E-state index < -0.39 is 0 Å². The van der Waals surface area contributed by atoms with Crippen LogP contribution in [-0.2, 0) is 6.42 Å². The second kappa shape index (κ2) is 4.42. The number of aromatic amines is 1. The van der Waals surface area contributed by atoms with Gasteiger partial charge in [-0.25, -0.2) is 0 Å². The maximum absolute atomic E-state index is 5.80. The molecule has 2 aromatic heterocycles. The Labute approximate surface area is 106 Å². The average Bonchev–Trinajstić information content (AvgIpc) is 2.73. The van der Waals surface area contributed by atoms with Crippen molar-refractivity contribution in [3.8, 4) is 0 Å². The molecule has 0 amide bonds. The highest BCUT2D eigenvalue weighted by Gasteiger charge is 2.05. The van der Waals surface area contributed by atoms with Gasteiger partial charge in [0, 0.05) is 40.2 Å². The molecule has 0 saturated heterocycles. The van der Waals surface area contributed by atoms with Gasteiger partial charge in [0.1, 0.15) is 0 Å². The zero-order chi connectivity index (χ0) is 12.5. The van der Waals surface area contributed by atoms with Crippen molar-refractivity contribution in [1.29, 1.82) is 0 Å². The highest BCUT2D eigenvalue weighted by atomic mass is 14.7. The molecular formula is C15H17N3. The highest BCUT2D eigenvalue weighted by molar-refractivity contribution is 6.06. The largest absolute Gasteiger partial charge is 0.354 e. The van der Waals surface area contributed by atoms with Crippen LogP contribution in [0.5, 0.6) is 0 Å². The first kappa shape index (κ1) is 11.2. The van der Waals surface area contributed by atoms with Crippen molar-refractivity contribution in [2.24, 2.45) is 5.73 Å². The lowest BCUT2D eigenvalue weighted by Gasteiger charge is -2.04. The first-order valence-corrected chi connectivity index (χ1v) is 6.34. The first-order chi connectivity index (χ1) is 8.74. The predicted octanol–water partition coefficient (Wildman–Crippen LogP) is 3.00. The zero-order valence-electron chi connectivity index (χ0n) is 10.5. The topological polar surface area (TPSA) is 54.7 Å². The average molecular weight is 239 g/mol. The molecule has 1 unspecified atom stereocenters. The molecule has 0 radical (unpaired) electrons. The van der Waals surface area contributed by atoms with Crippen LogP contribution >= 0.6 is 0 Å². The minimum Gasteiger partial charge on any atom is -0.354 e. The number of fused-ring (bicyclic) bond motifs is 3. The summed E-state index contributed by atoms with van der Waals surface area (Å²) >= 11 is 0. The van der Waals surface area contributed by atoms with Gasteiger partial charge in [-0.3, -0.25) is 4.98 Å². The van der Waals surface area contributed by atoms with Gasteiger partial charge in [0.05, 0.1) is 0 Å². The van der Waals surface area contributed by atoms with E-state index in [1.165, 1.54) is 21.9 Å². The number of rotatable bonds is 3. The van der Waals surface area contributed by atoms with Crippen LogP contribution in [-0.4, -0.2) is 16.0 Å². The molecule has 92 valence electrons. The fourth-order valence-electron chi connectivity index (χ4n) is 2.34. The second-order valence-corrected chi connectivity index (χ2v) is 4.94. The first-order valence-electron chi connectivity index (χ1n) is 6.34. The summed E-state index contributed by atoms with van der Waals surface area (Å²) in [5.74, 6) is 0. The number of nitrogens with one attached hydrogen (secondary N) is 1. The van der Waals surface area contributed by atoms with Crippen LogP contribution in [0.4, 0.5) is 0 Å². The molecule has 3 N–H and O–H groups in total. The van der Waals surface area contributed by atoms with E-state index in [0.29, 0.717) is 0 Å². The number of pyridine rings is 1. The Bertz CT molecular complexity index is 682. The van der Waals surface area contributed by atoms with Crippen molar-refractivity contribution >= 4 is 21.8 Å². The van der Waals surface area contributed by atoms with Crippen LogP contribution in [0.1, 0.15) is 18.9 Å². The summed E-state index contributed by atoms with van der Waals surface area (Å²) in [5.41, 5.74) is 9.45. The molecule has 0 bridgehead atoms. The van der Waals surface area contributed by atoms with Crippen LogP contribution in [0.2, 0.25) is 0 Å². The fourth-order valence-corrected chi connectivity index (χ4v) is 2.34. The molecule has 3 aromatic rings. The Morgan fingerprint density at radius 2 is 2.11 bits per heavy atom. The predicted molar refractivity (Wildman–Crippen MR) is 75.6 cm³/mol. The maximum Gasteiger partial charge on any atom is 0.0495 e. The summed E-state index contributed by atoms with van der Waals surface area (Å²) in [5, 5.41) is 2.42. The van der Waals surface area contributed by atoms with E-state index in [4.69, 9.17) is 5.73 Å². The normalized spacial score (nSPS) is 13.2. The highest BCUT2D eigenvalue weighted by Crippen LogP contribution is 2.25. The smallest absolute Gasteiger partial charge is 0.0495 e. The molecule has 0 spiro atoms. The van der Waals surface area contributed by atoms with Crippen LogP contribution in [0, 0.1) is 0 Å². The van der Waals surface area contributed by atoms with Crippen LogP contribution in [0.25, 0.3) is 21.8 Å². The van der Waals surface area contributed by atoms with Gasteiger partial charge < -0.3 is 10.7 Å². The molecule has 18 heavy (non-hydrogen) atoms. The molecule has 0 fully saturated rings. The lowest BCUT2D eigenvalue weighted by Crippen LogP contribution is -2.15. The van der Waals surface area contributed by atoms with Crippen LogP contribution in [0.3, 0.4) is 0 Å². The maximum atomic E-state index is 5.80. The van der Waals surface area contributed by atoms with Crippen molar-refractivity contribution in [2.75, 3.05) is 0 Å². The van der Waals surface area contributed by atoms with Crippen molar-refractivity contribution in [2.45, 2.75) is 25.8 Å². The molecule has 1 atom stereocenters. The lowest BCUT2D eigenvalue weighted by atomic mass is 10.0. The number of hydrogen-bond donors (Lipinski definition) is 2. The van der Waals surface area contributed by atoms with Crippen molar-refractivity contribution in [3.05, 3.63) is 42.2 Å². The molecule has 2 heterocycles. The zero-order valence-corrected chi connectivity index (χ0v) is 10.5. The molecule has 0 saturated carbocycles. The number of hydrogen-bond acceptors (Lipinski definition) is 2. The lowest BCUT2D eigenvalue weighted by molar-refractivity contribution is 0.666. The molecular weight excluding hydrogens is 222 g/mol. The molecule has 3 heteroatoms. The second-order valence-electron chi connectivity index (χ2n) is 4.94. The van der Waals surface area contributed by atoms with E-state index >= 15 is 0 Å². The minimum absolute atomic E-state index is 0.257. The number of aryl methyl sites for hydroxylation is 1.